The molecule has 0 aliphatic heterocycles. The van der Waals surface area contributed by atoms with Crippen LogP contribution in [0.5, 0.6) is 0 Å². The molecule has 0 saturated heterocycles. The summed E-state index contributed by atoms with van der Waals surface area (Å²) in [6.45, 7) is 5.14. The van der Waals surface area contributed by atoms with Crippen molar-refractivity contribution in [2.45, 2.75) is 32.7 Å². The third-order valence-corrected chi connectivity index (χ3v) is 2.84. The molecule has 1 saturated carbocycles. The van der Waals surface area contributed by atoms with Gasteiger partial charge < -0.3 is 10.0 Å². The first-order valence-corrected chi connectivity index (χ1v) is 6.04. The average Bonchev–Trinajstić information content (AvgIpc) is 3.09. The maximum absolute atomic E-state index is 11.2. The molecule has 17 heavy (non-hydrogen) atoms. The van der Waals surface area contributed by atoms with Gasteiger partial charge in [0, 0.05) is 18.8 Å². The highest BCUT2D eigenvalue weighted by molar-refractivity contribution is 5.93. The SMILES string of the molecule is CC(C)CN(c1ncccc1C(=O)O)C1CC1. The minimum absolute atomic E-state index is 0.306. The Kier molecular flexibility index (Phi) is 3.31. The molecule has 2 rings (SSSR count). The topological polar surface area (TPSA) is 53.4 Å². The van der Waals surface area contributed by atoms with Gasteiger partial charge in [0.15, 0.2) is 0 Å². The smallest absolute Gasteiger partial charge is 0.339 e. The highest BCUT2D eigenvalue weighted by Gasteiger charge is 2.32. The number of aromatic nitrogens is 1. The molecule has 0 spiro atoms. The van der Waals surface area contributed by atoms with Crippen molar-refractivity contribution < 1.29 is 9.90 Å². The van der Waals surface area contributed by atoms with Crippen LogP contribution in [0.15, 0.2) is 18.3 Å². The monoisotopic (exact) mass is 234 g/mol. The van der Waals surface area contributed by atoms with Crippen molar-refractivity contribution in [1.29, 1.82) is 0 Å². The van der Waals surface area contributed by atoms with Gasteiger partial charge in [0.05, 0.1) is 0 Å². The van der Waals surface area contributed by atoms with Crippen molar-refractivity contribution in [1.82, 2.24) is 4.98 Å². The Morgan fingerprint density at radius 3 is 2.82 bits per heavy atom. The predicted molar refractivity (Wildman–Crippen MR) is 66.4 cm³/mol. The van der Waals surface area contributed by atoms with Gasteiger partial charge in [-0.1, -0.05) is 13.8 Å². The molecule has 0 radical (unpaired) electrons. The molecule has 0 aromatic carbocycles. The lowest BCUT2D eigenvalue weighted by molar-refractivity contribution is 0.0697. The van der Waals surface area contributed by atoms with Crippen LogP contribution in [0, 0.1) is 5.92 Å². The van der Waals surface area contributed by atoms with Gasteiger partial charge in [-0.3, -0.25) is 0 Å². The fourth-order valence-electron chi connectivity index (χ4n) is 1.98. The molecule has 1 N–H and O–H groups in total. The third kappa shape index (κ3) is 2.75. The number of rotatable bonds is 5. The van der Waals surface area contributed by atoms with Crippen LogP contribution in [0.25, 0.3) is 0 Å². The van der Waals surface area contributed by atoms with E-state index in [9.17, 15) is 9.90 Å². The molecule has 4 heteroatoms. The number of nitrogens with zero attached hydrogens (tertiary/aromatic N) is 2. The summed E-state index contributed by atoms with van der Waals surface area (Å²) in [4.78, 5) is 17.6. The van der Waals surface area contributed by atoms with E-state index in [0.717, 1.165) is 19.4 Å². The third-order valence-electron chi connectivity index (χ3n) is 2.84. The zero-order valence-corrected chi connectivity index (χ0v) is 10.3. The Labute approximate surface area is 101 Å². The summed E-state index contributed by atoms with van der Waals surface area (Å²) >= 11 is 0. The molecule has 92 valence electrons. The molecule has 1 heterocycles. The van der Waals surface area contributed by atoms with Gasteiger partial charge in [-0.25, -0.2) is 9.78 Å². The highest BCUT2D eigenvalue weighted by atomic mass is 16.4. The predicted octanol–water partition coefficient (Wildman–Crippen LogP) is 2.40. The quantitative estimate of drug-likeness (QED) is 0.850. The van der Waals surface area contributed by atoms with Gasteiger partial charge in [-0.15, -0.1) is 0 Å². The largest absolute Gasteiger partial charge is 0.478 e. The van der Waals surface area contributed by atoms with E-state index in [0.29, 0.717) is 23.3 Å². The van der Waals surface area contributed by atoms with E-state index < -0.39 is 5.97 Å². The summed E-state index contributed by atoms with van der Waals surface area (Å²) in [5.74, 6) is 0.220. The van der Waals surface area contributed by atoms with Gasteiger partial charge in [-0.05, 0) is 30.9 Å². The summed E-state index contributed by atoms with van der Waals surface area (Å²) in [5.41, 5.74) is 0.306. The highest BCUT2D eigenvalue weighted by Crippen LogP contribution is 2.32. The Morgan fingerprint density at radius 1 is 1.59 bits per heavy atom. The van der Waals surface area contributed by atoms with Crippen molar-refractivity contribution in [3.63, 3.8) is 0 Å². The van der Waals surface area contributed by atoms with Gasteiger partial charge in [0.25, 0.3) is 0 Å². The van der Waals surface area contributed by atoms with Crippen molar-refractivity contribution >= 4 is 11.8 Å². The number of anilines is 1. The van der Waals surface area contributed by atoms with Gasteiger partial charge >= 0.3 is 5.97 Å². The van der Waals surface area contributed by atoms with E-state index >= 15 is 0 Å². The minimum Gasteiger partial charge on any atom is -0.478 e. The lowest BCUT2D eigenvalue weighted by atomic mass is 10.1. The van der Waals surface area contributed by atoms with E-state index in [-0.39, 0.29) is 0 Å². The number of hydrogen-bond acceptors (Lipinski definition) is 3. The summed E-state index contributed by atoms with van der Waals surface area (Å²) in [6, 6.07) is 3.78. The van der Waals surface area contributed by atoms with Gasteiger partial charge in [0.2, 0.25) is 0 Å². The van der Waals surface area contributed by atoms with E-state index in [2.05, 4.69) is 23.7 Å². The molecule has 1 aliphatic carbocycles. The first-order chi connectivity index (χ1) is 8.09. The summed E-state index contributed by atoms with van der Waals surface area (Å²) in [6.07, 6.45) is 3.95. The molecule has 1 aromatic rings. The molecule has 0 atom stereocenters. The van der Waals surface area contributed by atoms with Crippen LogP contribution in [0.4, 0.5) is 5.82 Å². The van der Waals surface area contributed by atoms with Crippen molar-refractivity contribution in [3.8, 4) is 0 Å². The number of carboxylic acids is 1. The first-order valence-electron chi connectivity index (χ1n) is 6.04. The molecule has 0 bridgehead atoms. The second kappa shape index (κ2) is 4.73. The average molecular weight is 234 g/mol. The first kappa shape index (κ1) is 11.9. The second-order valence-electron chi connectivity index (χ2n) is 4.96. The van der Waals surface area contributed by atoms with Crippen LogP contribution in [0.2, 0.25) is 0 Å². The van der Waals surface area contributed by atoms with E-state index in [1.54, 1.807) is 18.3 Å². The number of hydrogen-bond donors (Lipinski definition) is 1. The molecule has 1 aromatic heterocycles. The molecular formula is C13H18N2O2. The summed E-state index contributed by atoms with van der Waals surface area (Å²) < 4.78 is 0. The van der Waals surface area contributed by atoms with E-state index in [4.69, 9.17) is 0 Å². The second-order valence-corrected chi connectivity index (χ2v) is 4.96. The van der Waals surface area contributed by atoms with Crippen molar-refractivity contribution in [2.24, 2.45) is 5.92 Å². The molecule has 4 nitrogen and oxygen atoms in total. The number of carboxylic acid groups (broad SMARTS) is 1. The molecule has 1 aliphatic rings. The number of aromatic carboxylic acids is 1. The minimum atomic E-state index is -0.900. The van der Waals surface area contributed by atoms with Gasteiger partial charge in [-0.2, -0.15) is 0 Å². The van der Waals surface area contributed by atoms with Crippen LogP contribution < -0.4 is 4.90 Å². The zero-order chi connectivity index (χ0) is 12.4. The zero-order valence-electron chi connectivity index (χ0n) is 10.3. The molecule has 1 fully saturated rings. The maximum Gasteiger partial charge on any atom is 0.339 e. The summed E-state index contributed by atoms with van der Waals surface area (Å²) in [5, 5.41) is 9.18. The van der Waals surface area contributed by atoms with Crippen molar-refractivity contribution in [2.75, 3.05) is 11.4 Å². The van der Waals surface area contributed by atoms with Crippen molar-refractivity contribution in [3.05, 3.63) is 23.9 Å². The maximum atomic E-state index is 11.2. The fourth-order valence-corrected chi connectivity index (χ4v) is 1.98. The molecule has 0 unspecified atom stereocenters. The van der Waals surface area contributed by atoms with Crippen LogP contribution in [-0.2, 0) is 0 Å². The van der Waals surface area contributed by atoms with E-state index in [1.165, 1.54) is 0 Å². The Morgan fingerprint density at radius 2 is 2.29 bits per heavy atom. The Hall–Kier alpha value is -1.58. The standard InChI is InChI=1S/C13H18N2O2/c1-9(2)8-15(10-5-6-10)12-11(13(16)17)4-3-7-14-12/h3-4,7,9-10H,5-6,8H2,1-2H3,(H,16,17). The van der Waals surface area contributed by atoms with Crippen LogP contribution in [0.1, 0.15) is 37.0 Å². The van der Waals surface area contributed by atoms with Gasteiger partial charge in [0.1, 0.15) is 11.4 Å². The summed E-state index contributed by atoms with van der Waals surface area (Å²) in [7, 11) is 0. The van der Waals surface area contributed by atoms with Crippen LogP contribution in [-0.4, -0.2) is 28.6 Å². The number of carbonyl (C=O) groups is 1. The van der Waals surface area contributed by atoms with Crippen LogP contribution >= 0.6 is 0 Å². The lowest BCUT2D eigenvalue weighted by Gasteiger charge is -2.26. The lowest BCUT2D eigenvalue weighted by Crippen LogP contribution is -2.32. The Bertz CT molecular complexity index is 414. The molecule has 0 amide bonds. The number of pyridine rings is 1. The molecular weight excluding hydrogens is 216 g/mol. The Balaban J connectivity index is 2.31. The normalized spacial score (nSPS) is 15.0. The van der Waals surface area contributed by atoms with Crippen LogP contribution in [0.3, 0.4) is 0 Å². The van der Waals surface area contributed by atoms with E-state index in [1.807, 2.05) is 0 Å². The fraction of sp³-hybridized carbons (Fsp3) is 0.538.